The quantitative estimate of drug-likeness (QED) is 0.817. The van der Waals surface area contributed by atoms with Crippen LogP contribution < -0.4 is 10.5 Å². The number of halogens is 1. The van der Waals surface area contributed by atoms with Gasteiger partial charge in [-0.3, -0.25) is 4.79 Å². The van der Waals surface area contributed by atoms with Gasteiger partial charge in [-0.2, -0.15) is 0 Å². The Labute approximate surface area is 122 Å². The molecule has 0 aromatic heterocycles. The van der Waals surface area contributed by atoms with Crippen molar-refractivity contribution >= 4 is 22.2 Å². The smallest absolute Gasteiger partial charge is 0.153 e. The number of ether oxygens (including phenoxy) is 1. The second-order valence-corrected chi connectivity index (χ2v) is 5.42. The maximum atomic E-state index is 10.5. The molecule has 0 atom stereocenters. The van der Waals surface area contributed by atoms with Gasteiger partial charge in [0, 0.05) is 12.1 Å². The number of nitrogens with two attached hydrogens (primary N) is 1. The van der Waals surface area contributed by atoms with Crippen molar-refractivity contribution in [1.82, 2.24) is 0 Å². The van der Waals surface area contributed by atoms with Gasteiger partial charge >= 0.3 is 0 Å². The minimum absolute atomic E-state index is 0.0532. The van der Waals surface area contributed by atoms with Crippen LogP contribution in [0.1, 0.15) is 42.5 Å². The fourth-order valence-corrected chi connectivity index (χ4v) is 2.32. The molecule has 19 heavy (non-hydrogen) atoms. The summed E-state index contributed by atoms with van der Waals surface area (Å²) in [6.07, 6.45) is 7.33. The van der Waals surface area contributed by atoms with Crippen LogP contribution >= 0.6 is 15.9 Å². The number of phenolic OH excluding ortho intramolecular Hbond substituents is 1. The van der Waals surface area contributed by atoms with E-state index in [0.29, 0.717) is 28.1 Å². The average molecular weight is 330 g/mol. The molecule has 106 valence electrons. The number of phenols is 1. The highest BCUT2D eigenvalue weighted by Gasteiger charge is 2.07. The maximum absolute atomic E-state index is 10.5. The van der Waals surface area contributed by atoms with Crippen molar-refractivity contribution < 1.29 is 14.6 Å². The number of methoxy groups -OCH3 is 1. The lowest BCUT2D eigenvalue weighted by atomic mass is 9.97. The van der Waals surface area contributed by atoms with E-state index in [2.05, 4.69) is 15.9 Å². The number of aldehydes is 1. The molecule has 1 fully saturated rings. The van der Waals surface area contributed by atoms with Crippen LogP contribution in [0.5, 0.6) is 11.5 Å². The van der Waals surface area contributed by atoms with E-state index in [9.17, 15) is 9.90 Å². The third-order valence-electron chi connectivity index (χ3n) is 3.08. The molecule has 0 amide bonds. The number of hydrogen-bond acceptors (Lipinski definition) is 4. The van der Waals surface area contributed by atoms with Gasteiger partial charge < -0.3 is 15.6 Å². The first-order valence-corrected chi connectivity index (χ1v) is 7.15. The second-order valence-electron chi connectivity index (χ2n) is 4.56. The Morgan fingerprint density at radius 2 is 2.00 bits per heavy atom. The van der Waals surface area contributed by atoms with E-state index in [1.807, 2.05) is 0 Å². The molecule has 0 bridgehead atoms. The molecule has 0 spiro atoms. The van der Waals surface area contributed by atoms with E-state index in [1.54, 1.807) is 0 Å². The topological polar surface area (TPSA) is 72.5 Å². The van der Waals surface area contributed by atoms with Crippen molar-refractivity contribution in [3.8, 4) is 11.5 Å². The van der Waals surface area contributed by atoms with Crippen molar-refractivity contribution in [1.29, 1.82) is 0 Å². The number of carbonyl (C=O) groups excluding carboxylic acids is 1. The summed E-state index contributed by atoms with van der Waals surface area (Å²) in [6.45, 7) is 0. The Morgan fingerprint density at radius 3 is 2.42 bits per heavy atom. The van der Waals surface area contributed by atoms with E-state index >= 15 is 0 Å². The second kappa shape index (κ2) is 8.17. The highest BCUT2D eigenvalue weighted by Crippen LogP contribution is 2.30. The number of benzene rings is 1. The lowest BCUT2D eigenvalue weighted by Crippen LogP contribution is -2.22. The zero-order valence-electron chi connectivity index (χ0n) is 11.1. The predicted octanol–water partition coefficient (Wildman–Crippen LogP) is 3.25. The Kier molecular flexibility index (Phi) is 6.87. The van der Waals surface area contributed by atoms with Crippen molar-refractivity contribution in [2.75, 3.05) is 7.11 Å². The summed E-state index contributed by atoms with van der Waals surface area (Å²) < 4.78 is 5.34. The van der Waals surface area contributed by atoms with Crippen molar-refractivity contribution in [2.45, 2.75) is 38.1 Å². The van der Waals surface area contributed by atoms with Gasteiger partial charge in [-0.05, 0) is 34.8 Å². The molecular formula is C14H20BrNO3. The molecule has 5 heteroatoms. The van der Waals surface area contributed by atoms with E-state index in [4.69, 9.17) is 10.5 Å². The first-order valence-electron chi connectivity index (χ1n) is 6.35. The van der Waals surface area contributed by atoms with Crippen LogP contribution in [0.4, 0.5) is 0 Å². The van der Waals surface area contributed by atoms with Gasteiger partial charge in [-0.1, -0.05) is 19.3 Å². The van der Waals surface area contributed by atoms with Crippen LogP contribution in [0.2, 0.25) is 0 Å². The van der Waals surface area contributed by atoms with Crippen LogP contribution in [-0.2, 0) is 0 Å². The van der Waals surface area contributed by atoms with Crippen molar-refractivity contribution in [3.05, 3.63) is 22.2 Å². The molecule has 1 aromatic rings. The van der Waals surface area contributed by atoms with Crippen molar-refractivity contribution in [3.63, 3.8) is 0 Å². The highest BCUT2D eigenvalue weighted by molar-refractivity contribution is 9.10. The summed E-state index contributed by atoms with van der Waals surface area (Å²) >= 11 is 3.09. The molecule has 0 saturated heterocycles. The van der Waals surface area contributed by atoms with Gasteiger partial charge in [0.1, 0.15) is 11.5 Å². The number of aromatic hydroxyl groups is 1. The minimum atomic E-state index is 0.0532. The SMILES string of the molecule is COc1cc(O)c(Br)cc1C=O.NC1CCCCC1. The van der Waals surface area contributed by atoms with E-state index in [-0.39, 0.29) is 5.75 Å². The van der Waals surface area contributed by atoms with Gasteiger partial charge in [-0.25, -0.2) is 0 Å². The average Bonchev–Trinajstić information content (AvgIpc) is 2.43. The van der Waals surface area contributed by atoms with Gasteiger partial charge in [0.25, 0.3) is 0 Å². The Morgan fingerprint density at radius 1 is 1.37 bits per heavy atom. The number of hydrogen-bond donors (Lipinski definition) is 2. The molecule has 1 saturated carbocycles. The van der Waals surface area contributed by atoms with Crippen LogP contribution in [0.3, 0.4) is 0 Å². The van der Waals surface area contributed by atoms with E-state index in [0.717, 1.165) is 0 Å². The third kappa shape index (κ3) is 5.20. The molecule has 1 aromatic carbocycles. The third-order valence-corrected chi connectivity index (χ3v) is 3.71. The predicted molar refractivity (Wildman–Crippen MR) is 78.8 cm³/mol. The molecule has 2 rings (SSSR count). The normalized spacial score (nSPS) is 15.3. The molecule has 4 nitrogen and oxygen atoms in total. The summed E-state index contributed by atoms with van der Waals surface area (Å²) in [5, 5.41) is 9.21. The summed E-state index contributed by atoms with van der Waals surface area (Å²) in [5.74, 6) is 0.420. The zero-order chi connectivity index (χ0) is 14.3. The molecule has 0 aliphatic heterocycles. The first-order chi connectivity index (χ1) is 9.08. The summed E-state index contributed by atoms with van der Waals surface area (Å²) in [7, 11) is 1.44. The van der Waals surface area contributed by atoms with Crippen LogP contribution in [0, 0.1) is 0 Å². The molecule has 0 heterocycles. The minimum Gasteiger partial charge on any atom is -0.507 e. The van der Waals surface area contributed by atoms with Gasteiger partial charge in [0.15, 0.2) is 6.29 Å². The molecule has 3 N–H and O–H groups in total. The molecule has 0 radical (unpaired) electrons. The Bertz CT molecular complexity index is 417. The Hall–Kier alpha value is -1.07. The molecule has 1 aliphatic carbocycles. The summed E-state index contributed by atoms with van der Waals surface area (Å²) in [4.78, 5) is 10.5. The largest absolute Gasteiger partial charge is 0.507 e. The van der Waals surface area contributed by atoms with Gasteiger partial charge in [0.2, 0.25) is 0 Å². The fraction of sp³-hybridized carbons (Fsp3) is 0.500. The number of rotatable bonds is 2. The molecular weight excluding hydrogens is 310 g/mol. The molecule has 0 unspecified atom stereocenters. The summed E-state index contributed by atoms with van der Waals surface area (Å²) in [5.41, 5.74) is 6.04. The van der Waals surface area contributed by atoms with Crippen LogP contribution in [0.15, 0.2) is 16.6 Å². The van der Waals surface area contributed by atoms with Gasteiger partial charge in [-0.15, -0.1) is 0 Å². The Balaban J connectivity index is 0.000000218. The van der Waals surface area contributed by atoms with E-state index < -0.39 is 0 Å². The number of carbonyl (C=O) groups is 1. The monoisotopic (exact) mass is 329 g/mol. The van der Waals surface area contributed by atoms with Gasteiger partial charge in [0.05, 0.1) is 17.1 Å². The summed E-state index contributed by atoms with van der Waals surface area (Å²) in [6, 6.07) is 3.42. The molecule has 1 aliphatic rings. The van der Waals surface area contributed by atoms with E-state index in [1.165, 1.54) is 51.3 Å². The van der Waals surface area contributed by atoms with Crippen LogP contribution in [0.25, 0.3) is 0 Å². The fourth-order valence-electron chi connectivity index (χ4n) is 1.96. The lowest BCUT2D eigenvalue weighted by Gasteiger charge is -2.15. The van der Waals surface area contributed by atoms with Crippen molar-refractivity contribution in [2.24, 2.45) is 5.73 Å². The maximum Gasteiger partial charge on any atom is 0.153 e. The first kappa shape index (κ1) is 16.0. The highest BCUT2D eigenvalue weighted by atomic mass is 79.9. The zero-order valence-corrected chi connectivity index (χ0v) is 12.6. The van der Waals surface area contributed by atoms with Crippen LogP contribution in [-0.4, -0.2) is 24.5 Å². The lowest BCUT2D eigenvalue weighted by molar-refractivity contribution is 0.112. The standard InChI is InChI=1S/C8H7BrO3.C6H13N/c1-12-8-3-7(11)6(9)2-5(8)4-10;7-6-4-2-1-3-5-6/h2-4,11H,1H3;6H,1-5,7H2.